The Labute approximate surface area is 192 Å². The second-order valence-corrected chi connectivity index (χ2v) is 20.2. The largest absolute Gasteiger partial charge is 0.395 e. The van der Waals surface area contributed by atoms with Gasteiger partial charge < -0.3 is 14.9 Å². The summed E-state index contributed by atoms with van der Waals surface area (Å²) in [6.45, 7) is 16.0. The summed E-state index contributed by atoms with van der Waals surface area (Å²) in [6.07, 6.45) is 0. The van der Waals surface area contributed by atoms with Crippen molar-refractivity contribution in [3.63, 3.8) is 0 Å². The highest BCUT2D eigenvalue weighted by atomic mass is 28.3. The Hall–Kier alpha value is -2.72. The normalized spacial score (nSPS) is 16.2. The van der Waals surface area contributed by atoms with Crippen LogP contribution >= 0.6 is 0 Å². The predicted molar refractivity (Wildman–Crippen MR) is 138 cm³/mol. The van der Waals surface area contributed by atoms with E-state index < -0.39 is 16.5 Å². The molecule has 0 bridgehead atoms. The first-order chi connectivity index (χ1) is 14.9. The van der Waals surface area contributed by atoms with Crippen molar-refractivity contribution < 1.29 is 4.79 Å². The number of rotatable bonds is 5. The van der Waals surface area contributed by atoms with Crippen LogP contribution in [0.1, 0.15) is 34.6 Å². The zero-order chi connectivity index (χ0) is 23.3. The summed E-state index contributed by atoms with van der Waals surface area (Å²) in [5.41, 5.74) is 2.68. The molecular weight excluding hydrogens is 430 g/mol. The van der Waals surface area contributed by atoms with E-state index in [0.29, 0.717) is 18.1 Å². The second-order valence-electron chi connectivity index (χ2n) is 10.7. The summed E-state index contributed by atoms with van der Waals surface area (Å²) in [4.78, 5) is 32.4. The maximum atomic E-state index is 13.5. The van der Waals surface area contributed by atoms with Crippen molar-refractivity contribution in [2.24, 2.45) is 0 Å². The first-order valence-electron chi connectivity index (χ1n) is 11.2. The molecule has 1 aliphatic heterocycles. The number of carbonyl (C=O) groups is 1. The summed E-state index contributed by atoms with van der Waals surface area (Å²) in [7, 11) is -3.27. The van der Waals surface area contributed by atoms with E-state index in [1.54, 1.807) is 0 Å². The molecule has 0 radical (unpaired) electrons. The molecule has 168 valence electrons. The summed E-state index contributed by atoms with van der Waals surface area (Å²) in [6, 6.07) is 13.9. The minimum absolute atomic E-state index is 0.0277. The van der Waals surface area contributed by atoms with Gasteiger partial charge in [0.2, 0.25) is 5.95 Å². The standard InChI is InChI=1S/C24H33N5OSi2/c1-16-21-20(22(27-31(2,3)4)26-24(25-21)28-32(5,6)7)15-29(16)23(30)19-13-12-17-10-8-9-11-18(17)14-19/h8-14,16H,15H2,1-7H3,(H2,25,26,27,28). The van der Waals surface area contributed by atoms with Gasteiger partial charge in [0.15, 0.2) is 0 Å². The van der Waals surface area contributed by atoms with E-state index in [0.717, 1.165) is 27.8 Å². The molecule has 2 N–H and O–H groups in total. The van der Waals surface area contributed by atoms with Gasteiger partial charge >= 0.3 is 0 Å². The van der Waals surface area contributed by atoms with E-state index in [1.807, 2.05) is 41.3 Å². The quantitative estimate of drug-likeness (QED) is 0.465. The Kier molecular flexibility index (Phi) is 5.62. The Bertz CT molecular complexity index is 1180. The average molecular weight is 464 g/mol. The van der Waals surface area contributed by atoms with Gasteiger partial charge in [0, 0.05) is 11.1 Å². The number of aromatic nitrogens is 2. The van der Waals surface area contributed by atoms with Gasteiger partial charge in [0.25, 0.3) is 5.91 Å². The molecule has 1 aromatic heterocycles. The number of hydrogen-bond acceptors (Lipinski definition) is 5. The fraction of sp³-hybridized carbons (Fsp3) is 0.375. The molecule has 1 unspecified atom stereocenters. The van der Waals surface area contributed by atoms with E-state index in [-0.39, 0.29) is 11.9 Å². The van der Waals surface area contributed by atoms with Gasteiger partial charge in [-0.2, -0.15) is 4.98 Å². The number of carbonyl (C=O) groups excluding carboxylic acids is 1. The summed E-state index contributed by atoms with van der Waals surface area (Å²) >= 11 is 0. The number of nitrogens with zero attached hydrogens (tertiary/aromatic N) is 3. The molecule has 0 aliphatic carbocycles. The third kappa shape index (κ3) is 4.71. The van der Waals surface area contributed by atoms with Crippen molar-refractivity contribution in [2.75, 3.05) is 9.96 Å². The SMILES string of the molecule is CC1c2nc(N[Si](C)(C)C)nc(N[Si](C)(C)C)c2CN1C(=O)c1ccc2ccccc2c1. The molecule has 32 heavy (non-hydrogen) atoms. The van der Waals surface area contributed by atoms with Crippen LogP contribution in [-0.4, -0.2) is 37.2 Å². The van der Waals surface area contributed by atoms with Gasteiger partial charge in [-0.3, -0.25) is 4.79 Å². The Morgan fingerprint density at radius 1 is 0.938 bits per heavy atom. The molecule has 0 saturated carbocycles. The van der Waals surface area contributed by atoms with Gasteiger partial charge in [-0.1, -0.05) is 69.6 Å². The Balaban J connectivity index is 1.71. The fourth-order valence-electron chi connectivity index (χ4n) is 4.04. The van der Waals surface area contributed by atoms with E-state index in [2.05, 4.69) is 62.2 Å². The molecular formula is C24H33N5OSi2. The number of amides is 1. The van der Waals surface area contributed by atoms with Crippen molar-refractivity contribution in [3.05, 3.63) is 59.3 Å². The molecule has 1 amide bonds. The first kappa shape index (κ1) is 22.5. The average Bonchev–Trinajstić information content (AvgIpc) is 3.01. The lowest BCUT2D eigenvalue weighted by atomic mass is 10.1. The third-order valence-corrected chi connectivity index (χ3v) is 7.43. The maximum absolute atomic E-state index is 13.5. The van der Waals surface area contributed by atoms with Crippen LogP contribution in [0.3, 0.4) is 0 Å². The minimum atomic E-state index is -1.65. The molecule has 1 aliphatic rings. The van der Waals surface area contributed by atoms with Crippen molar-refractivity contribution >= 4 is 44.9 Å². The topological polar surface area (TPSA) is 70.2 Å². The molecule has 6 nitrogen and oxygen atoms in total. The lowest BCUT2D eigenvalue weighted by Gasteiger charge is -2.23. The maximum Gasteiger partial charge on any atom is 0.254 e. The zero-order valence-electron chi connectivity index (χ0n) is 20.1. The number of nitrogens with one attached hydrogen (secondary N) is 2. The number of hydrogen-bond donors (Lipinski definition) is 2. The monoisotopic (exact) mass is 463 g/mol. The number of fused-ring (bicyclic) bond motifs is 2. The molecule has 2 aromatic carbocycles. The third-order valence-electron chi connectivity index (χ3n) is 5.47. The van der Waals surface area contributed by atoms with Gasteiger partial charge in [-0.15, -0.1) is 0 Å². The van der Waals surface area contributed by atoms with Gasteiger partial charge in [0.05, 0.1) is 18.3 Å². The van der Waals surface area contributed by atoms with Gasteiger partial charge in [0.1, 0.15) is 22.3 Å². The molecule has 8 heteroatoms. The van der Waals surface area contributed by atoms with Crippen molar-refractivity contribution in [1.82, 2.24) is 14.9 Å². The minimum Gasteiger partial charge on any atom is -0.395 e. The molecule has 0 spiro atoms. The lowest BCUT2D eigenvalue weighted by Crippen LogP contribution is -2.35. The predicted octanol–water partition coefficient (Wildman–Crippen LogP) is 5.84. The molecule has 2 heterocycles. The van der Waals surface area contributed by atoms with E-state index >= 15 is 0 Å². The van der Waals surface area contributed by atoms with E-state index in [4.69, 9.17) is 9.97 Å². The van der Waals surface area contributed by atoms with Gasteiger partial charge in [-0.25, -0.2) is 4.98 Å². The van der Waals surface area contributed by atoms with Crippen LogP contribution in [0, 0.1) is 0 Å². The number of anilines is 2. The molecule has 0 saturated heterocycles. The fourth-order valence-corrected chi connectivity index (χ4v) is 5.74. The Morgan fingerprint density at radius 2 is 1.59 bits per heavy atom. The van der Waals surface area contributed by atoms with Crippen LogP contribution in [0.25, 0.3) is 10.8 Å². The van der Waals surface area contributed by atoms with Crippen LogP contribution in [0.15, 0.2) is 42.5 Å². The van der Waals surface area contributed by atoms with Crippen LogP contribution < -0.4 is 9.96 Å². The van der Waals surface area contributed by atoms with Crippen LogP contribution in [0.2, 0.25) is 39.3 Å². The second kappa shape index (κ2) is 8.01. The molecule has 4 rings (SSSR count). The highest BCUT2D eigenvalue weighted by Crippen LogP contribution is 2.38. The van der Waals surface area contributed by atoms with Crippen molar-refractivity contribution in [3.8, 4) is 0 Å². The molecule has 3 aromatic rings. The van der Waals surface area contributed by atoms with Crippen LogP contribution in [0.4, 0.5) is 11.8 Å². The van der Waals surface area contributed by atoms with Crippen LogP contribution in [0.5, 0.6) is 0 Å². The highest BCUT2D eigenvalue weighted by molar-refractivity contribution is 6.79. The number of benzene rings is 2. The first-order valence-corrected chi connectivity index (χ1v) is 18.2. The van der Waals surface area contributed by atoms with E-state index in [9.17, 15) is 4.79 Å². The van der Waals surface area contributed by atoms with Crippen molar-refractivity contribution in [1.29, 1.82) is 0 Å². The van der Waals surface area contributed by atoms with Gasteiger partial charge in [-0.05, 0) is 29.8 Å². The van der Waals surface area contributed by atoms with E-state index in [1.165, 1.54) is 0 Å². The van der Waals surface area contributed by atoms with Crippen molar-refractivity contribution in [2.45, 2.75) is 58.8 Å². The summed E-state index contributed by atoms with van der Waals surface area (Å²) in [5.74, 6) is 1.56. The Morgan fingerprint density at radius 3 is 2.25 bits per heavy atom. The molecule has 0 fully saturated rings. The smallest absolute Gasteiger partial charge is 0.254 e. The summed E-state index contributed by atoms with van der Waals surface area (Å²) < 4.78 is 0. The zero-order valence-corrected chi connectivity index (χ0v) is 22.1. The lowest BCUT2D eigenvalue weighted by molar-refractivity contribution is 0.0703. The highest BCUT2D eigenvalue weighted by Gasteiger charge is 2.36. The van der Waals surface area contributed by atoms with Crippen LogP contribution in [-0.2, 0) is 6.54 Å². The molecule has 1 atom stereocenters. The summed E-state index contributed by atoms with van der Waals surface area (Å²) in [5, 5.41) is 2.21.